The van der Waals surface area contributed by atoms with Crippen LogP contribution < -0.4 is 0 Å². The van der Waals surface area contributed by atoms with Gasteiger partial charge in [-0.1, -0.05) is 66.7 Å². The van der Waals surface area contributed by atoms with Crippen molar-refractivity contribution in [3.8, 4) is 0 Å². The molecule has 0 bridgehead atoms. The second kappa shape index (κ2) is 6.55. The normalized spacial score (nSPS) is 11.0. The van der Waals surface area contributed by atoms with Crippen molar-refractivity contribution < 1.29 is 9.90 Å². The lowest BCUT2D eigenvalue weighted by Crippen LogP contribution is -2.00. The minimum absolute atomic E-state index is 0.193. The van der Waals surface area contributed by atoms with Gasteiger partial charge in [0.1, 0.15) is 0 Å². The number of hydrogen-bond donors (Lipinski definition) is 1. The molecule has 0 amide bonds. The van der Waals surface area contributed by atoms with Crippen LogP contribution in [-0.4, -0.2) is 11.1 Å². The second-order valence-corrected chi connectivity index (χ2v) is 4.35. The van der Waals surface area contributed by atoms with E-state index in [0.717, 1.165) is 0 Å². The first kappa shape index (κ1) is 13.1. The Kier molecular flexibility index (Phi) is 4.51. The fourth-order valence-electron chi connectivity index (χ4n) is 2.14. The Bertz CT molecular complexity index is 504. The fraction of sp³-hybridized carbons (Fsp3) is 0.118. The predicted molar refractivity (Wildman–Crippen MR) is 76.1 cm³/mol. The summed E-state index contributed by atoms with van der Waals surface area (Å²) in [5, 5.41) is 8.68. The molecule has 1 N–H and O–H groups in total. The van der Waals surface area contributed by atoms with Crippen molar-refractivity contribution >= 4 is 5.97 Å². The fourth-order valence-corrected chi connectivity index (χ4v) is 2.14. The zero-order valence-electron chi connectivity index (χ0n) is 10.6. The van der Waals surface area contributed by atoms with E-state index in [1.54, 1.807) is 6.08 Å². The maximum atomic E-state index is 10.6. The van der Waals surface area contributed by atoms with Crippen molar-refractivity contribution in [1.29, 1.82) is 0 Å². The summed E-state index contributed by atoms with van der Waals surface area (Å²) in [4.78, 5) is 10.6. The molecule has 0 saturated carbocycles. The van der Waals surface area contributed by atoms with Gasteiger partial charge >= 0.3 is 5.97 Å². The van der Waals surface area contributed by atoms with E-state index in [4.69, 9.17) is 5.11 Å². The van der Waals surface area contributed by atoms with Gasteiger partial charge in [-0.15, -0.1) is 0 Å². The number of carbonyl (C=O) groups is 1. The summed E-state index contributed by atoms with van der Waals surface area (Å²) in [6.45, 7) is 0. The molecule has 0 aromatic heterocycles. The summed E-state index contributed by atoms with van der Waals surface area (Å²) in [6.07, 6.45) is 3.60. The Morgan fingerprint density at radius 2 is 1.42 bits per heavy atom. The third kappa shape index (κ3) is 3.81. The zero-order valence-corrected chi connectivity index (χ0v) is 10.6. The van der Waals surface area contributed by atoms with Crippen LogP contribution in [0.5, 0.6) is 0 Å². The summed E-state index contributed by atoms with van der Waals surface area (Å²) in [6, 6.07) is 20.3. The molecule has 0 heterocycles. The minimum atomic E-state index is -0.903. The standard InChI is InChI=1S/C17H16O2/c18-17(19)13-7-12-16(14-8-3-1-4-9-14)15-10-5-2-6-11-15/h1-11,13,16H,12H2,(H,18,19)/b13-7-. The van der Waals surface area contributed by atoms with E-state index in [0.29, 0.717) is 6.42 Å². The smallest absolute Gasteiger partial charge is 0.327 e. The highest BCUT2D eigenvalue weighted by molar-refractivity contribution is 5.79. The third-order valence-electron chi connectivity index (χ3n) is 3.04. The molecule has 2 rings (SSSR count). The van der Waals surface area contributed by atoms with Crippen LogP contribution in [0.1, 0.15) is 23.5 Å². The van der Waals surface area contributed by atoms with Gasteiger partial charge in [0, 0.05) is 12.0 Å². The Morgan fingerprint density at radius 3 is 1.84 bits per heavy atom. The maximum absolute atomic E-state index is 10.6. The van der Waals surface area contributed by atoms with Crippen LogP contribution in [0, 0.1) is 0 Å². The van der Waals surface area contributed by atoms with Crippen molar-refractivity contribution in [1.82, 2.24) is 0 Å². The van der Waals surface area contributed by atoms with E-state index >= 15 is 0 Å². The maximum Gasteiger partial charge on any atom is 0.327 e. The van der Waals surface area contributed by atoms with Crippen molar-refractivity contribution in [2.24, 2.45) is 0 Å². The van der Waals surface area contributed by atoms with Crippen LogP contribution in [0.15, 0.2) is 72.8 Å². The molecule has 0 radical (unpaired) electrons. The summed E-state index contributed by atoms with van der Waals surface area (Å²) >= 11 is 0. The first-order chi connectivity index (χ1) is 9.27. The van der Waals surface area contributed by atoms with E-state index in [1.807, 2.05) is 36.4 Å². The number of carboxylic acids is 1. The minimum Gasteiger partial charge on any atom is -0.478 e. The Hall–Kier alpha value is -2.35. The van der Waals surface area contributed by atoms with E-state index in [9.17, 15) is 4.79 Å². The van der Waals surface area contributed by atoms with Gasteiger partial charge in [0.25, 0.3) is 0 Å². The summed E-state index contributed by atoms with van der Waals surface area (Å²) in [7, 11) is 0. The van der Waals surface area contributed by atoms with Crippen LogP contribution >= 0.6 is 0 Å². The molecule has 0 spiro atoms. The monoisotopic (exact) mass is 252 g/mol. The van der Waals surface area contributed by atoms with Crippen molar-refractivity contribution in [2.75, 3.05) is 0 Å². The average molecular weight is 252 g/mol. The lowest BCUT2D eigenvalue weighted by molar-refractivity contribution is -0.131. The molecular weight excluding hydrogens is 236 g/mol. The predicted octanol–water partition coefficient (Wildman–Crippen LogP) is 3.85. The van der Waals surface area contributed by atoms with Gasteiger partial charge < -0.3 is 5.11 Å². The zero-order chi connectivity index (χ0) is 13.5. The number of benzene rings is 2. The molecular formula is C17H16O2. The molecule has 2 heteroatoms. The van der Waals surface area contributed by atoms with Crippen LogP contribution in [0.25, 0.3) is 0 Å². The topological polar surface area (TPSA) is 37.3 Å². The second-order valence-electron chi connectivity index (χ2n) is 4.35. The van der Waals surface area contributed by atoms with Crippen LogP contribution in [0.2, 0.25) is 0 Å². The van der Waals surface area contributed by atoms with Gasteiger partial charge in [0.2, 0.25) is 0 Å². The van der Waals surface area contributed by atoms with E-state index in [2.05, 4.69) is 24.3 Å². The van der Waals surface area contributed by atoms with Gasteiger partial charge in [-0.2, -0.15) is 0 Å². The Morgan fingerprint density at radius 1 is 0.947 bits per heavy atom. The number of rotatable bonds is 5. The molecule has 2 aromatic carbocycles. The van der Waals surface area contributed by atoms with Crippen LogP contribution in [0.4, 0.5) is 0 Å². The Balaban J connectivity index is 2.26. The SMILES string of the molecule is O=C(O)/C=C\CC(c1ccccc1)c1ccccc1. The van der Waals surface area contributed by atoms with E-state index in [-0.39, 0.29) is 5.92 Å². The molecule has 0 atom stereocenters. The molecule has 96 valence electrons. The number of aliphatic carboxylic acids is 1. The molecule has 0 aliphatic heterocycles. The van der Waals surface area contributed by atoms with Crippen molar-refractivity contribution in [2.45, 2.75) is 12.3 Å². The summed E-state index contributed by atoms with van der Waals surface area (Å²) in [5.41, 5.74) is 2.40. The molecule has 0 aliphatic rings. The van der Waals surface area contributed by atoms with Crippen LogP contribution in [-0.2, 0) is 4.79 Å². The van der Waals surface area contributed by atoms with Gasteiger partial charge in [0.05, 0.1) is 0 Å². The molecule has 0 fully saturated rings. The number of carboxylic acid groups (broad SMARTS) is 1. The van der Waals surface area contributed by atoms with Crippen molar-refractivity contribution in [3.05, 3.63) is 83.9 Å². The quantitative estimate of drug-likeness (QED) is 0.821. The van der Waals surface area contributed by atoms with E-state index in [1.165, 1.54) is 17.2 Å². The van der Waals surface area contributed by atoms with E-state index < -0.39 is 5.97 Å². The summed E-state index contributed by atoms with van der Waals surface area (Å²) < 4.78 is 0. The Labute approximate surface area is 113 Å². The highest BCUT2D eigenvalue weighted by Gasteiger charge is 2.11. The third-order valence-corrected chi connectivity index (χ3v) is 3.04. The highest BCUT2D eigenvalue weighted by Crippen LogP contribution is 2.28. The lowest BCUT2D eigenvalue weighted by Gasteiger charge is -2.16. The molecule has 19 heavy (non-hydrogen) atoms. The molecule has 2 nitrogen and oxygen atoms in total. The lowest BCUT2D eigenvalue weighted by atomic mass is 9.88. The first-order valence-corrected chi connectivity index (χ1v) is 6.26. The van der Waals surface area contributed by atoms with Crippen LogP contribution in [0.3, 0.4) is 0 Å². The molecule has 0 unspecified atom stereocenters. The average Bonchev–Trinajstić information content (AvgIpc) is 2.45. The molecule has 0 saturated heterocycles. The largest absolute Gasteiger partial charge is 0.478 e. The number of hydrogen-bond acceptors (Lipinski definition) is 1. The molecule has 0 aliphatic carbocycles. The van der Waals surface area contributed by atoms with Gasteiger partial charge in [-0.05, 0) is 17.5 Å². The highest BCUT2D eigenvalue weighted by atomic mass is 16.4. The first-order valence-electron chi connectivity index (χ1n) is 6.26. The van der Waals surface area contributed by atoms with Gasteiger partial charge in [0.15, 0.2) is 0 Å². The van der Waals surface area contributed by atoms with Gasteiger partial charge in [-0.3, -0.25) is 0 Å². The van der Waals surface area contributed by atoms with Crippen molar-refractivity contribution in [3.63, 3.8) is 0 Å². The summed E-state index contributed by atoms with van der Waals surface area (Å²) in [5.74, 6) is -0.710. The van der Waals surface area contributed by atoms with Gasteiger partial charge in [-0.25, -0.2) is 4.79 Å². The molecule has 2 aromatic rings. The number of allylic oxidation sites excluding steroid dienone is 1.